The molecule has 21 heavy (non-hydrogen) atoms. The van der Waals surface area contributed by atoms with E-state index in [2.05, 4.69) is 10.2 Å². The van der Waals surface area contributed by atoms with Crippen LogP contribution in [-0.2, 0) is 0 Å². The molecule has 2 amide bonds. The quantitative estimate of drug-likeness (QED) is 0.883. The van der Waals surface area contributed by atoms with E-state index in [1.54, 1.807) is 29.3 Å². The maximum Gasteiger partial charge on any atom is 0.290 e. The Hall–Kier alpha value is -2.57. The zero-order valence-corrected chi connectivity index (χ0v) is 11.3. The first-order chi connectivity index (χ1) is 10.2. The van der Waals surface area contributed by atoms with Crippen LogP contribution in [-0.4, -0.2) is 57.0 Å². The number of hydrogen-bond donors (Lipinski definition) is 1. The fourth-order valence-electron chi connectivity index (χ4n) is 3.07. The van der Waals surface area contributed by atoms with E-state index in [1.807, 2.05) is 4.90 Å². The standard InChI is InChI=1S/C14H14N4O3/c19-12(10-3-5-15-16-10)17-8-14(9-17)4-6-18(14)13(20)11-2-1-7-21-11/h1-3,5,7H,4,6,8-9H2,(H,15,16). The Kier molecular flexibility index (Phi) is 2.44. The lowest BCUT2D eigenvalue weighted by atomic mass is 9.77. The largest absolute Gasteiger partial charge is 0.459 e. The van der Waals surface area contributed by atoms with Crippen molar-refractivity contribution in [3.05, 3.63) is 42.1 Å². The predicted molar refractivity (Wildman–Crippen MR) is 71.6 cm³/mol. The minimum Gasteiger partial charge on any atom is -0.459 e. The Labute approximate surface area is 120 Å². The molecule has 2 aromatic heterocycles. The lowest BCUT2D eigenvalue weighted by molar-refractivity contribution is -0.0859. The van der Waals surface area contributed by atoms with Gasteiger partial charge in [-0.2, -0.15) is 5.10 Å². The van der Waals surface area contributed by atoms with Gasteiger partial charge in [0.25, 0.3) is 11.8 Å². The molecule has 2 saturated heterocycles. The highest BCUT2D eigenvalue weighted by atomic mass is 16.3. The number of nitrogens with zero attached hydrogens (tertiary/aromatic N) is 3. The Morgan fingerprint density at radius 3 is 2.71 bits per heavy atom. The Morgan fingerprint density at radius 1 is 1.29 bits per heavy atom. The van der Waals surface area contributed by atoms with E-state index in [1.165, 1.54) is 6.26 Å². The van der Waals surface area contributed by atoms with Gasteiger partial charge in [-0.05, 0) is 24.6 Å². The number of likely N-dealkylation sites (tertiary alicyclic amines) is 2. The Balaban J connectivity index is 1.44. The van der Waals surface area contributed by atoms with Crippen molar-refractivity contribution >= 4 is 11.8 Å². The van der Waals surface area contributed by atoms with Gasteiger partial charge in [-0.3, -0.25) is 14.7 Å². The second-order valence-corrected chi connectivity index (χ2v) is 5.54. The molecule has 2 aliphatic heterocycles. The van der Waals surface area contributed by atoms with E-state index in [0.29, 0.717) is 31.1 Å². The number of furan rings is 1. The molecule has 0 unspecified atom stereocenters. The molecule has 0 atom stereocenters. The van der Waals surface area contributed by atoms with Crippen LogP contribution in [0.5, 0.6) is 0 Å². The van der Waals surface area contributed by atoms with Crippen molar-refractivity contribution in [2.75, 3.05) is 19.6 Å². The normalized spacial score (nSPS) is 19.2. The predicted octanol–water partition coefficient (Wildman–Crippen LogP) is 0.743. The van der Waals surface area contributed by atoms with Gasteiger partial charge in [-0.25, -0.2) is 0 Å². The van der Waals surface area contributed by atoms with E-state index < -0.39 is 0 Å². The average Bonchev–Trinajstić information content (AvgIpc) is 3.09. The molecule has 0 bridgehead atoms. The summed E-state index contributed by atoms with van der Waals surface area (Å²) in [7, 11) is 0. The van der Waals surface area contributed by atoms with E-state index in [0.717, 1.165) is 6.42 Å². The highest BCUT2D eigenvalue weighted by Gasteiger charge is 2.57. The van der Waals surface area contributed by atoms with Crippen LogP contribution in [0.4, 0.5) is 0 Å². The van der Waals surface area contributed by atoms with Crippen LogP contribution < -0.4 is 0 Å². The molecule has 0 radical (unpaired) electrons. The molecular weight excluding hydrogens is 272 g/mol. The van der Waals surface area contributed by atoms with Gasteiger partial charge in [0.05, 0.1) is 11.8 Å². The van der Waals surface area contributed by atoms with Gasteiger partial charge < -0.3 is 14.2 Å². The lowest BCUT2D eigenvalue weighted by Crippen LogP contribution is -2.78. The molecule has 0 saturated carbocycles. The Morgan fingerprint density at radius 2 is 2.14 bits per heavy atom. The summed E-state index contributed by atoms with van der Waals surface area (Å²) >= 11 is 0. The maximum atomic E-state index is 12.3. The summed E-state index contributed by atoms with van der Waals surface area (Å²) in [6, 6.07) is 5.02. The summed E-state index contributed by atoms with van der Waals surface area (Å²) in [4.78, 5) is 28.0. The first-order valence-electron chi connectivity index (χ1n) is 6.84. The summed E-state index contributed by atoms with van der Waals surface area (Å²) in [5, 5.41) is 6.45. The summed E-state index contributed by atoms with van der Waals surface area (Å²) < 4.78 is 5.16. The second-order valence-electron chi connectivity index (χ2n) is 5.54. The number of nitrogens with one attached hydrogen (secondary N) is 1. The van der Waals surface area contributed by atoms with E-state index in [4.69, 9.17) is 4.42 Å². The molecule has 4 rings (SSSR count). The Bertz CT molecular complexity index is 671. The summed E-state index contributed by atoms with van der Waals surface area (Å²) in [5.41, 5.74) is 0.271. The number of amides is 2. The molecule has 0 aliphatic carbocycles. The van der Waals surface area contributed by atoms with Crippen molar-refractivity contribution in [2.24, 2.45) is 0 Å². The molecule has 2 aromatic rings. The fraction of sp³-hybridized carbons (Fsp3) is 0.357. The number of carbonyl (C=O) groups is 2. The third-order valence-corrected chi connectivity index (χ3v) is 4.34. The zero-order valence-electron chi connectivity index (χ0n) is 11.3. The average molecular weight is 286 g/mol. The highest BCUT2D eigenvalue weighted by molar-refractivity contribution is 5.95. The monoisotopic (exact) mass is 286 g/mol. The molecular formula is C14H14N4O3. The van der Waals surface area contributed by atoms with Gasteiger partial charge >= 0.3 is 0 Å². The fourth-order valence-corrected chi connectivity index (χ4v) is 3.07. The first kappa shape index (κ1) is 12.2. The van der Waals surface area contributed by atoms with Crippen LogP contribution >= 0.6 is 0 Å². The van der Waals surface area contributed by atoms with Crippen LogP contribution in [0.2, 0.25) is 0 Å². The minimum absolute atomic E-state index is 0.0737. The summed E-state index contributed by atoms with van der Waals surface area (Å²) in [5.74, 6) is 0.183. The van der Waals surface area contributed by atoms with Crippen molar-refractivity contribution in [2.45, 2.75) is 12.0 Å². The topological polar surface area (TPSA) is 82.4 Å². The van der Waals surface area contributed by atoms with Crippen molar-refractivity contribution < 1.29 is 14.0 Å². The lowest BCUT2D eigenvalue weighted by Gasteiger charge is -2.62. The molecule has 1 spiro atoms. The molecule has 7 heteroatoms. The molecule has 0 aromatic carbocycles. The third kappa shape index (κ3) is 1.70. The number of H-pyrrole nitrogens is 1. The van der Waals surface area contributed by atoms with Crippen molar-refractivity contribution in [3.8, 4) is 0 Å². The number of aromatic amines is 1. The van der Waals surface area contributed by atoms with Crippen molar-refractivity contribution in [1.82, 2.24) is 20.0 Å². The van der Waals surface area contributed by atoms with Gasteiger partial charge in [0.15, 0.2) is 5.76 Å². The molecule has 7 nitrogen and oxygen atoms in total. The number of hydrogen-bond acceptors (Lipinski definition) is 4. The van der Waals surface area contributed by atoms with Crippen molar-refractivity contribution in [1.29, 1.82) is 0 Å². The molecule has 4 heterocycles. The maximum absolute atomic E-state index is 12.3. The van der Waals surface area contributed by atoms with Crippen LogP contribution in [0.3, 0.4) is 0 Å². The van der Waals surface area contributed by atoms with Gasteiger partial charge in [0, 0.05) is 25.8 Å². The van der Waals surface area contributed by atoms with Gasteiger partial charge in [-0.1, -0.05) is 0 Å². The third-order valence-electron chi connectivity index (χ3n) is 4.34. The number of aromatic nitrogens is 2. The SMILES string of the molecule is O=C(c1ccn[nH]1)N1CC2(CCN2C(=O)c2ccco2)C1. The molecule has 2 aliphatic rings. The summed E-state index contributed by atoms with van der Waals surface area (Å²) in [6.45, 7) is 1.85. The van der Waals surface area contributed by atoms with Gasteiger partial charge in [0.2, 0.25) is 0 Å². The van der Waals surface area contributed by atoms with Crippen LogP contribution in [0.25, 0.3) is 0 Å². The van der Waals surface area contributed by atoms with Gasteiger partial charge in [0.1, 0.15) is 5.69 Å². The molecule has 2 fully saturated rings. The second kappa shape index (κ2) is 4.21. The minimum atomic E-state index is -0.209. The van der Waals surface area contributed by atoms with Crippen LogP contribution in [0.1, 0.15) is 27.5 Å². The van der Waals surface area contributed by atoms with Crippen molar-refractivity contribution in [3.63, 3.8) is 0 Å². The van der Waals surface area contributed by atoms with E-state index >= 15 is 0 Å². The summed E-state index contributed by atoms with van der Waals surface area (Å²) in [6.07, 6.45) is 3.97. The van der Waals surface area contributed by atoms with Crippen LogP contribution in [0, 0.1) is 0 Å². The van der Waals surface area contributed by atoms with E-state index in [-0.39, 0.29) is 17.4 Å². The highest BCUT2D eigenvalue weighted by Crippen LogP contribution is 2.40. The van der Waals surface area contributed by atoms with Crippen LogP contribution in [0.15, 0.2) is 35.1 Å². The number of carbonyl (C=O) groups excluding carboxylic acids is 2. The molecule has 108 valence electrons. The molecule has 1 N–H and O–H groups in total. The van der Waals surface area contributed by atoms with Gasteiger partial charge in [-0.15, -0.1) is 0 Å². The first-order valence-corrected chi connectivity index (χ1v) is 6.84. The zero-order chi connectivity index (χ0) is 14.4. The smallest absolute Gasteiger partial charge is 0.290 e. The van der Waals surface area contributed by atoms with E-state index in [9.17, 15) is 9.59 Å². The number of rotatable bonds is 2.